The molecule has 2 N–H and O–H groups in total. The summed E-state index contributed by atoms with van der Waals surface area (Å²) in [5.41, 5.74) is 5.63. The molecule has 2 fully saturated rings. The second kappa shape index (κ2) is 21.3. The van der Waals surface area contributed by atoms with Crippen molar-refractivity contribution >= 4 is 11.6 Å². The Hall–Kier alpha value is -4.55. The first-order chi connectivity index (χ1) is 29.2. The van der Waals surface area contributed by atoms with Gasteiger partial charge in [-0.3, -0.25) is 33.5 Å². The summed E-state index contributed by atoms with van der Waals surface area (Å²) in [5, 5.41) is 21.1. The number of carbonyl (C=O) groups is 2. The zero-order valence-corrected chi connectivity index (χ0v) is 35.1. The van der Waals surface area contributed by atoms with Crippen molar-refractivity contribution in [3.8, 4) is 0 Å². The molecule has 2 aromatic heterocycles. The Morgan fingerprint density at radius 2 is 1.08 bits per heavy atom. The van der Waals surface area contributed by atoms with Gasteiger partial charge in [0.05, 0.1) is 31.6 Å². The van der Waals surface area contributed by atoms with E-state index >= 15 is 0 Å². The molecular weight excluding hydrogens is 755 g/mol. The van der Waals surface area contributed by atoms with Gasteiger partial charge in [0, 0.05) is 76.0 Å². The maximum Gasteiger partial charge on any atom is 0.254 e. The summed E-state index contributed by atoms with van der Waals surface area (Å²) in [4.78, 5) is 58.7. The Kier molecular flexibility index (Phi) is 15.5. The van der Waals surface area contributed by atoms with Crippen LogP contribution in [-0.4, -0.2) is 84.1 Å². The molecule has 2 saturated carbocycles. The summed E-state index contributed by atoms with van der Waals surface area (Å²) in [5.74, 6) is 0.912. The molecule has 4 aromatic rings. The average Bonchev–Trinajstić information content (AvgIpc) is 3.26. The highest BCUT2D eigenvalue weighted by Crippen LogP contribution is 2.28. The molecule has 0 amide bonds. The van der Waals surface area contributed by atoms with Gasteiger partial charge >= 0.3 is 0 Å². The van der Waals surface area contributed by atoms with Crippen LogP contribution in [0.25, 0.3) is 0 Å². The lowest BCUT2D eigenvalue weighted by Crippen LogP contribution is -2.39. The van der Waals surface area contributed by atoms with Gasteiger partial charge in [-0.25, -0.2) is 4.98 Å². The molecule has 60 heavy (non-hydrogen) atoms. The number of hydrogen-bond donors (Lipinski definition) is 2. The molecule has 2 aromatic carbocycles. The van der Waals surface area contributed by atoms with Gasteiger partial charge in [0.1, 0.15) is 5.69 Å². The number of hydrogen-bond acceptors (Lipinski definition) is 9. The number of nitrogens with zero attached hydrogens (tertiary/aromatic N) is 5. The summed E-state index contributed by atoms with van der Waals surface area (Å²) in [7, 11) is 0. The number of rotatable bonds is 14. The maximum absolute atomic E-state index is 12.6. The number of Topliss-reactive ketones (excluding diaryl/α,β-unsaturated/α-hetero) is 2. The van der Waals surface area contributed by atoms with Gasteiger partial charge in [-0.05, 0) is 53.0 Å². The minimum Gasteiger partial charge on any atom is -0.390 e. The topological polar surface area (TPSA) is 138 Å². The fraction of sp³-hybridized carbons (Fsp3) is 0.531. The number of β-amino-alcohol motifs (C(OH)–C–C–N with tert-alkyl or cyclic N) is 2. The number of fused-ring (bicyclic) bond motifs is 2. The van der Waals surface area contributed by atoms with Crippen LogP contribution < -0.4 is 11.1 Å². The van der Waals surface area contributed by atoms with E-state index in [1.807, 2.05) is 6.07 Å². The van der Waals surface area contributed by atoms with E-state index in [9.17, 15) is 29.4 Å². The van der Waals surface area contributed by atoms with Gasteiger partial charge in [-0.1, -0.05) is 113 Å². The Labute approximate surface area is 354 Å². The predicted octanol–water partition coefficient (Wildman–Crippen LogP) is 6.24. The zero-order chi connectivity index (χ0) is 41.8. The summed E-state index contributed by atoms with van der Waals surface area (Å²) in [6, 6.07) is 21.3. The van der Waals surface area contributed by atoms with Crippen molar-refractivity contribution in [3.05, 3.63) is 133 Å². The number of carbonyl (C=O) groups excluding carboxylic acids is 2. The monoisotopic (exact) mass is 817 g/mol. The number of aromatic nitrogens is 3. The van der Waals surface area contributed by atoms with Crippen molar-refractivity contribution in [2.75, 3.05) is 26.2 Å². The summed E-state index contributed by atoms with van der Waals surface area (Å²) in [6.45, 7) is 4.92. The van der Waals surface area contributed by atoms with Crippen LogP contribution in [0.4, 0.5) is 0 Å². The van der Waals surface area contributed by atoms with E-state index in [1.165, 1.54) is 88.4 Å². The van der Waals surface area contributed by atoms with Gasteiger partial charge in [0.15, 0.2) is 11.6 Å². The first kappa shape index (κ1) is 43.5. The van der Waals surface area contributed by atoms with Crippen molar-refractivity contribution in [2.24, 2.45) is 11.8 Å². The first-order valence-corrected chi connectivity index (χ1v) is 22.4. The second-order valence-electron chi connectivity index (χ2n) is 17.7. The summed E-state index contributed by atoms with van der Waals surface area (Å²) < 4.78 is 2.92. The van der Waals surface area contributed by atoms with E-state index in [0.717, 1.165) is 64.7 Å². The molecule has 2 atom stereocenters. The third kappa shape index (κ3) is 12.3. The second-order valence-corrected chi connectivity index (χ2v) is 17.7. The van der Waals surface area contributed by atoms with Crippen LogP contribution in [0.5, 0.6) is 0 Å². The minimum absolute atomic E-state index is 0.0429. The van der Waals surface area contributed by atoms with Crippen LogP contribution in [-0.2, 0) is 39.0 Å². The van der Waals surface area contributed by atoms with E-state index in [0.29, 0.717) is 43.3 Å². The Morgan fingerprint density at radius 3 is 1.60 bits per heavy atom. The Bertz CT molecular complexity index is 2020. The van der Waals surface area contributed by atoms with Crippen LogP contribution >= 0.6 is 0 Å². The molecular formula is C49H63N5O6. The highest BCUT2D eigenvalue weighted by atomic mass is 16.3. The lowest BCUT2D eigenvalue weighted by Gasteiger charge is -2.30. The highest BCUT2D eigenvalue weighted by Gasteiger charge is 2.23. The lowest BCUT2D eigenvalue weighted by molar-refractivity contribution is 0.0901. The summed E-state index contributed by atoms with van der Waals surface area (Å²) in [6.07, 6.45) is 16.5. The lowest BCUT2D eigenvalue weighted by atomic mass is 9.85. The van der Waals surface area contributed by atoms with E-state index in [-0.39, 0.29) is 41.5 Å². The fourth-order valence-electron chi connectivity index (χ4n) is 9.66. The zero-order valence-electron chi connectivity index (χ0n) is 35.1. The number of pyridine rings is 1. The molecule has 11 heteroatoms. The predicted molar refractivity (Wildman–Crippen MR) is 233 cm³/mol. The van der Waals surface area contributed by atoms with Crippen molar-refractivity contribution in [2.45, 2.75) is 128 Å². The van der Waals surface area contributed by atoms with Gasteiger partial charge in [0.2, 0.25) is 0 Å². The molecule has 0 radical (unpaired) electrons. The van der Waals surface area contributed by atoms with Crippen molar-refractivity contribution < 1.29 is 19.8 Å². The fourth-order valence-corrected chi connectivity index (χ4v) is 9.66. The SMILES string of the molecule is O=C(CC1CCCCC1)c1cc(=O)n(CC(O)CN2CCc3ccccc3C2)cn1.O=C(CC1CCCCC1)c1ccn(CC(O)CN2CCc3ccccc3C2)c(=O)c1. The van der Waals surface area contributed by atoms with E-state index < -0.39 is 12.2 Å². The quantitative estimate of drug-likeness (QED) is 0.142. The van der Waals surface area contributed by atoms with Crippen molar-refractivity contribution in [3.63, 3.8) is 0 Å². The van der Waals surface area contributed by atoms with E-state index in [1.54, 1.807) is 12.3 Å². The normalized spacial score (nSPS) is 18.7. The van der Waals surface area contributed by atoms with Crippen LogP contribution in [0.1, 0.15) is 120 Å². The molecule has 8 rings (SSSR count). The molecule has 11 nitrogen and oxygen atoms in total. The number of ketones is 2. The average molecular weight is 818 g/mol. The molecule has 4 heterocycles. The van der Waals surface area contributed by atoms with Crippen LogP contribution in [0.2, 0.25) is 0 Å². The Balaban J connectivity index is 0.000000181. The van der Waals surface area contributed by atoms with E-state index in [4.69, 9.17) is 0 Å². The third-order valence-electron chi connectivity index (χ3n) is 13.1. The van der Waals surface area contributed by atoms with Crippen molar-refractivity contribution in [1.29, 1.82) is 0 Å². The molecule has 2 unspecified atom stereocenters. The van der Waals surface area contributed by atoms with Gasteiger partial charge in [-0.2, -0.15) is 0 Å². The van der Waals surface area contributed by atoms with E-state index in [2.05, 4.69) is 57.2 Å². The largest absolute Gasteiger partial charge is 0.390 e. The van der Waals surface area contributed by atoms with Crippen molar-refractivity contribution in [1.82, 2.24) is 23.9 Å². The Morgan fingerprint density at radius 1 is 0.600 bits per heavy atom. The number of aliphatic hydroxyl groups excluding tert-OH is 2. The molecule has 0 bridgehead atoms. The number of benzene rings is 2. The molecule has 2 aliphatic heterocycles. The standard InChI is InChI=1S/C25H32N2O3.C24H31N3O3/c28-23(17-26-12-10-20-8-4-5-9-22(20)16-26)18-27-13-11-21(15-25(27)30)24(29)14-19-6-2-1-3-7-19;28-21(15-26-11-10-19-8-4-5-9-20(19)14-26)16-27-17-25-22(13-24(27)30)23(29)12-18-6-2-1-3-7-18/h4-5,8-9,11,13,15,19,23,28H,1-3,6-7,10,12,14,16-18H2;4-5,8-9,13,17-18,21,28H,1-3,6-7,10-12,14-16H2. The molecule has 0 spiro atoms. The highest BCUT2D eigenvalue weighted by molar-refractivity contribution is 5.96. The van der Waals surface area contributed by atoms with Gasteiger partial charge in [-0.15, -0.1) is 0 Å². The number of aliphatic hydroxyl groups is 2. The van der Waals surface area contributed by atoms with Crippen LogP contribution in [0, 0.1) is 11.8 Å². The third-order valence-corrected chi connectivity index (χ3v) is 13.1. The maximum atomic E-state index is 12.6. The van der Waals surface area contributed by atoms with Crippen LogP contribution in [0.15, 0.2) is 88.8 Å². The molecule has 4 aliphatic rings. The molecule has 2 aliphatic carbocycles. The van der Waals surface area contributed by atoms with Gasteiger partial charge in [0.25, 0.3) is 11.1 Å². The molecule has 0 saturated heterocycles. The summed E-state index contributed by atoms with van der Waals surface area (Å²) >= 11 is 0. The molecule has 320 valence electrons. The first-order valence-electron chi connectivity index (χ1n) is 22.4. The van der Waals surface area contributed by atoms with Gasteiger partial charge < -0.3 is 14.8 Å². The smallest absolute Gasteiger partial charge is 0.254 e. The minimum atomic E-state index is -0.668. The van der Waals surface area contributed by atoms with Crippen LogP contribution in [0.3, 0.4) is 0 Å².